The Morgan fingerprint density at radius 2 is 1.67 bits per heavy atom. The molecule has 5 nitrogen and oxygen atoms in total. The summed E-state index contributed by atoms with van der Waals surface area (Å²) in [6.45, 7) is 5.78. The predicted octanol–water partition coefficient (Wildman–Crippen LogP) is 2.10. The van der Waals surface area contributed by atoms with Crippen LogP contribution in [0.1, 0.15) is 31.2 Å². The molecule has 1 aromatic carbocycles. The van der Waals surface area contributed by atoms with E-state index in [0.29, 0.717) is 6.61 Å². The van der Waals surface area contributed by atoms with Gasteiger partial charge in [0.25, 0.3) is 10.1 Å². The standard InChI is InChI=1S/C8H17NO.C7H8O3S/c10-8-4-7-9-5-2-1-3-6-9;1-6-2-4-7(5-3-6)11(8,9)10/h10H,1-8H2;2-5H,1H3,(H,8,9,10). The lowest BCUT2D eigenvalue weighted by Gasteiger charge is -2.25. The van der Waals surface area contributed by atoms with Gasteiger partial charge in [-0.25, -0.2) is 0 Å². The second-order valence-corrected chi connectivity index (χ2v) is 6.69. The Hall–Kier alpha value is -0.950. The molecule has 1 heterocycles. The quantitative estimate of drug-likeness (QED) is 0.832. The molecule has 0 bridgehead atoms. The first-order valence-corrected chi connectivity index (χ1v) is 8.75. The summed E-state index contributed by atoms with van der Waals surface area (Å²) in [5, 5.41) is 8.57. The van der Waals surface area contributed by atoms with E-state index in [-0.39, 0.29) is 4.90 Å². The molecule has 2 N–H and O–H groups in total. The summed E-state index contributed by atoms with van der Waals surface area (Å²) in [6.07, 6.45) is 5.05. The van der Waals surface area contributed by atoms with Gasteiger partial charge in [-0.1, -0.05) is 24.1 Å². The molecular formula is C15H25NO4S. The molecule has 0 aliphatic carbocycles. The first-order chi connectivity index (χ1) is 9.93. The van der Waals surface area contributed by atoms with E-state index in [9.17, 15) is 8.42 Å². The van der Waals surface area contributed by atoms with Crippen molar-refractivity contribution >= 4 is 10.1 Å². The molecule has 1 aromatic rings. The molecule has 1 aliphatic heterocycles. The van der Waals surface area contributed by atoms with Crippen LogP contribution in [0.2, 0.25) is 0 Å². The van der Waals surface area contributed by atoms with Crippen molar-refractivity contribution in [2.75, 3.05) is 26.2 Å². The molecule has 2 rings (SSSR count). The van der Waals surface area contributed by atoms with E-state index in [2.05, 4.69) is 4.90 Å². The number of likely N-dealkylation sites (tertiary alicyclic amines) is 1. The van der Waals surface area contributed by atoms with Gasteiger partial charge in [0, 0.05) is 13.2 Å². The topological polar surface area (TPSA) is 77.8 Å². The normalized spacial score (nSPS) is 16.1. The third kappa shape index (κ3) is 7.57. The van der Waals surface area contributed by atoms with Crippen LogP contribution in [0.25, 0.3) is 0 Å². The van der Waals surface area contributed by atoms with Gasteiger partial charge >= 0.3 is 0 Å². The number of hydrogen-bond acceptors (Lipinski definition) is 4. The summed E-state index contributed by atoms with van der Waals surface area (Å²) in [4.78, 5) is 2.38. The summed E-state index contributed by atoms with van der Waals surface area (Å²) in [7, 11) is -4.02. The highest BCUT2D eigenvalue weighted by molar-refractivity contribution is 7.85. The van der Waals surface area contributed by atoms with E-state index in [4.69, 9.17) is 9.66 Å². The maximum Gasteiger partial charge on any atom is 0.294 e. The zero-order chi connectivity index (χ0) is 15.7. The van der Waals surface area contributed by atoms with E-state index < -0.39 is 10.1 Å². The van der Waals surface area contributed by atoms with Gasteiger partial charge in [0.15, 0.2) is 0 Å². The minimum atomic E-state index is -4.02. The van der Waals surface area contributed by atoms with Crippen molar-refractivity contribution in [3.63, 3.8) is 0 Å². The fourth-order valence-corrected chi connectivity index (χ4v) is 2.67. The monoisotopic (exact) mass is 315 g/mol. The molecule has 0 radical (unpaired) electrons. The number of rotatable bonds is 4. The molecule has 0 amide bonds. The Kier molecular flexibility index (Phi) is 7.88. The lowest BCUT2D eigenvalue weighted by Crippen LogP contribution is -2.30. The first kappa shape index (κ1) is 18.1. The minimum absolute atomic E-state index is 0.0666. The van der Waals surface area contributed by atoms with Gasteiger partial charge in [-0.05, 0) is 51.4 Å². The molecule has 1 saturated heterocycles. The zero-order valence-corrected chi connectivity index (χ0v) is 13.3. The average molecular weight is 315 g/mol. The summed E-state index contributed by atoms with van der Waals surface area (Å²) >= 11 is 0. The lowest BCUT2D eigenvalue weighted by atomic mass is 10.1. The van der Waals surface area contributed by atoms with E-state index in [1.165, 1.54) is 44.5 Å². The smallest absolute Gasteiger partial charge is 0.294 e. The van der Waals surface area contributed by atoms with Crippen molar-refractivity contribution in [1.29, 1.82) is 0 Å². The number of piperidine rings is 1. The maximum atomic E-state index is 10.5. The lowest BCUT2D eigenvalue weighted by molar-refractivity contribution is 0.198. The summed E-state index contributed by atoms with van der Waals surface area (Å²) in [5.74, 6) is 0. The van der Waals surface area contributed by atoms with Crippen LogP contribution in [-0.2, 0) is 10.1 Å². The van der Waals surface area contributed by atoms with Gasteiger partial charge in [0.2, 0.25) is 0 Å². The van der Waals surface area contributed by atoms with Crippen LogP contribution in [0.15, 0.2) is 29.2 Å². The van der Waals surface area contributed by atoms with Crippen LogP contribution >= 0.6 is 0 Å². The van der Waals surface area contributed by atoms with Crippen molar-refractivity contribution < 1.29 is 18.1 Å². The van der Waals surface area contributed by atoms with Gasteiger partial charge in [-0.15, -0.1) is 0 Å². The van der Waals surface area contributed by atoms with E-state index >= 15 is 0 Å². The Labute approximate surface area is 127 Å². The van der Waals surface area contributed by atoms with E-state index in [1.54, 1.807) is 12.1 Å². The second-order valence-electron chi connectivity index (χ2n) is 5.27. The summed E-state index contributed by atoms with van der Waals surface area (Å²) in [6, 6.07) is 5.99. The molecule has 0 unspecified atom stereocenters. The number of aliphatic hydroxyl groups excluding tert-OH is 1. The average Bonchev–Trinajstić information content (AvgIpc) is 2.46. The predicted molar refractivity (Wildman–Crippen MR) is 83.0 cm³/mol. The minimum Gasteiger partial charge on any atom is -0.396 e. The largest absolute Gasteiger partial charge is 0.396 e. The highest BCUT2D eigenvalue weighted by atomic mass is 32.2. The molecule has 1 aliphatic rings. The number of aliphatic hydroxyl groups is 1. The van der Waals surface area contributed by atoms with Gasteiger partial charge in [0.1, 0.15) is 0 Å². The van der Waals surface area contributed by atoms with Crippen LogP contribution in [0.4, 0.5) is 0 Å². The van der Waals surface area contributed by atoms with Gasteiger partial charge in [0.05, 0.1) is 4.90 Å². The molecule has 21 heavy (non-hydrogen) atoms. The summed E-state index contributed by atoms with van der Waals surface area (Å²) in [5.41, 5.74) is 0.956. The number of hydrogen-bond donors (Lipinski definition) is 2. The summed E-state index contributed by atoms with van der Waals surface area (Å²) < 4.78 is 29.6. The first-order valence-electron chi connectivity index (χ1n) is 7.31. The van der Waals surface area contributed by atoms with E-state index in [1.807, 2.05) is 6.92 Å². The van der Waals surface area contributed by atoms with Crippen LogP contribution in [0.5, 0.6) is 0 Å². The molecular weight excluding hydrogens is 290 g/mol. The van der Waals surface area contributed by atoms with Crippen molar-refractivity contribution in [2.45, 2.75) is 37.5 Å². The molecule has 0 spiro atoms. The van der Waals surface area contributed by atoms with Crippen LogP contribution in [-0.4, -0.2) is 49.2 Å². The molecule has 0 saturated carbocycles. The van der Waals surface area contributed by atoms with E-state index in [0.717, 1.165) is 18.5 Å². The maximum absolute atomic E-state index is 10.5. The third-order valence-corrected chi connectivity index (χ3v) is 4.27. The SMILES string of the molecule is Cc1ccc(S(=O)(=O)O)cc1.OCCCN1CCCCC1. The van der Waals surface area contributed by atoms with Crippen molar-refractivity contribution in [3.05, 3.63) is 29.8 Å². The molecule has 0 aromatic heterocycles. The van der Waals surface area contributed by atoms with Crippen LogP contribution in [0.3, 0.4) is 0 Å². The van der Waals surface area contributed by atoms with Crippen LogP contribution < -0.4 is 0 Å². The van der Waals surface area contributed by atoms with Gasteiger partial charge < -0.3 is 10.0 Å². The van der Waals surface area contributed by atoms with Gasteiger partial charge in [-0.3, -0.25) is 4.55 Å². The number of aryl methyl sites for hydroxylation is 1. The third-order valence-electron chi connectivity index (χ3n) is 3.40. The molecule has 1 fully saturated rings. The fourth-order valence-electron chi connectivity index (χ4n) is 2.19. The molecule has 120 valence electrons. The molecule has 6 heteroatoms. The Bertz CT molecular complexity index is 493. The highest BCUT2D eigenvalue weighted by Gasteiger charge is 2.08. The molecule has 0 atom stereocenters. The number of benzene rings is 1. The zero-order valence-electron chi connectivity index (χ0n) is 12.5. The van der Waals surface area contributed by atoms with Crippen molar-refractivity contribution in [3.8, 4) is 0 Å². The van der Waals surface area contributed by atoms with Crippen molar-refractivity contribution in [2.24, 2.45) is 0 Å². The number of nitrogens with zero attached hydrogens (tertiary/aromatic N) is 1. The Morgan fingerprint density at radius 1 is 1.10 bits per heavy atom. The van der Waals surface area contributed by atoms with Gasteiger partial charge in [-0.2, -0.15) is 8.42 Å². The Morgan fingerprint density at radius 3 is 2.14 bits per heavy atom. The van der Waals surface area contributed by atoms with Crippen LogP contribution in [0, 0.1) is 6.92 Å². The highest BCUT2D eigenvalue weighted by Crippen LogP contribution is 2.09. The second kappa shape index (κ2) is 9.15. The fraction of sp³-hybridized carbons (Fsp3) is 0.600. The van der Waals surface area contributed by atoms with Crippen molar-refractivity contribution in [1.82, 2.24) is 4.90 Å². The Balaban J connectivity index is 0.000000211.